The predicted octanol–water partition coefficient (Wildman–Crippen LogP) is 4.66. The summed E-state index contributed by atoms with van der Waals surface area (Å²) < 4.78 is 0.856. The van der Waals surface area contributed by atoms with Crippen LogP contribution >= 0.6 is 27.7 Å². The van der Waals surface area contributed by atoms with Crippen LogP contribution in [0.5, 0.6) is 0 Å². The van der Waals surface area contributed by atoms with Crippen LogP contribution in [-0.4, -0.2) is 18.6 Å². The molecule has 1 aromatic rings. The van der Waals surface area contributed by atoms with E-state index in [-0.39, 0.29) is 0 Å². The number of thioether (sulfide) groups is 1. The number of rotatable bonds is 8. The molecule has 0 bridgehead atoms. The van der Waals surface area contributed by atoms with Crippen molar-refractivity contribution in [2.75, 3.05) is 23.9 Å². The van der Waals surface area contributed by atoms with Crippen LogP contribution in [0.15, 0.2) is 22.7 Å². The average Bonchev–Trinajstić information content (AvgIpc) is 2.38. The number of halogens is 1. The first-order chi connectivity index (χ1) is 8.79. The van der Waals surface area contributed by atoms with E-state index in [4.69, 9.17) is 5.26 Å². The first kappa shape index (κ1) is 15.4. The summed E-state index contributed by atoms with van der Waals surface area (Å²) in [5, 5.41) is 12.4. The minimum atomic E-state index is 0.694. The summed E-state index contributed by atoms with van der Waals surface area (Å²) in [5.41, 5.74) is 1.62. The standard InChI is InChI=1S/C14H19BrN2S/c1-18-10-5-3-2-4-9-17-14-8-6-7-13(15)12(14)11-16/h6-8,17H,2-5,9-10H2,1H3. The van der Waals surface area contributed by atoms with Crippen LogP contribution in [0.3, 0.4) is 0 Å². The van der Waals surface area contributed by atoms with E-state index < -0.39 is 0 Å². The highest BCUT2D eigenvalue weighted by Crippen LogP contribution is 2.23. The van der Waals surface area contributed by atoms with E-state index in [2.05, 4.69) is 33.6 Å². The van der Waals surface area contributed by atoms with Gasteiger partial charge < -0.3 is 5.32 Å². The SMILES string of the molecule is CSCCCCCCNc1cccc(Br)c1C#N. The van der Waals surface area contributed by atoms with Gasteiger partial charge in [0.2, 0.25) is 0 Å². The molecule has 2 nitrogen and oxygen atoms in total. The minimum Gasteiger partial charge on any atom is -0.384 e. The van der Waals surface area contributed by atoms with Gasteiger partial charge in [0.1, 0.15) is 6.07 Å². The van der Waals surface area contributed by atoms with Crippen molar-refractivity contribution in [2.24, 2.45) is 0 Å². The van der Waals surface area contributed by atoms with Crippen LogP contribution in [0.2, 0.25) is 0 Å². The maximum atomic E-state index is 9.08. The van der Waals surface area contributed by atoms with Gasteiger partial charge in [-0.2, -0.15) is 17.0 Å². The van der Waals surface area contributed by atoms with Crippen molar-refractivity contribution in [3.05, 3.63) is 28.2 Å². The van der Waals surface area contributed by atoms with Crippen molar-refractivity contribution in [1.29, 1.82) is 5.26 Å². The van der Waals surface area contributed by atoms with Crippen LogP contribution < -0.4 is 5.32 Å². The van der Waals surface area contributed by atoms with Gasteiger partial charge in [0.25, 0.3) is 0 Å². The molecule has 0 aliphatic carbocycles. The molecule has 0 saturated carbocycles. The summed E-state index contributed by atoms with van der Waals surface area (Å²) in [6.45, 7) is 0.935. The molecule has 0 atom stereocenters. The van der Waals surface area contributed by atoms with Gasteiger partial charge in [0.05, 0.1) is 11.3 Å². The molecule has 0 spiro atoms. The highest BCUT2D eigenvalue weighted by molar-refractivity contribution is 9.10. The maximum Gasteiger partial charge on any atom is 0.103 e. The molecule has 98 valence electrons. The molecule has 0 radical (unpaired) electrons. The third kappa shape index (κ3) is 5.32. The summed E-state index contributed by atoms with van der Waals surface area (Å²) in [4.78, 5) is 0. The van der Waals surface area contributed by atoms with Crippen LogP contribution in [0.1, 0.15) is 31.2 Å². The number of nitrogens with zero attached hydrogens (tertiary/aromatic N) is 1. The smallest absolute Gasteiger partial charge is 0.103 e. The second kappa shape index (κ2) is 9.29. The summed E-state index contributed by atoms with van der Waals surface area (Å²) in [6, 6.07) is 8.02. The van der Waals surface area contributed by atoms with Crippen molar-refractivity contribution < 1.29 is 0 Å². The molecule has 4 heteroatoms. The summed E-state index contributed by atoms with van der Waals surface area (Å²) in [6.07, 6.45) is 7.17. The second-order valence-electron chi connectivity index (χ2n) is 4.11. The summed E-state index contributed by atoms with van der Waals surface area (Å²) in [7, 11) is 0. The van der Waals surface area contributed by atoms with Gasteiger partial charge in [-0.3, -0.25) is 0 Å². The lowest BCUT2D eigenvalue weighted by Crippen LogP contribution is -2.03. The Labute approximate surface area is 122 Å². The van der Waals surface area contributed by atoms with Gasteiger partial charge in [-0.1, -0.05) is 18.9 Å². The molecule has 0 saturated heterocycles. The fourth-order valence-corrected chi connectivity index (χ4v) is 2.68. The van der Waals surface area contributed by atoms with Crippen LogP contribution in [0.4, 0.5) is 5.69 Å². The molecular formula is C14H19BrN2S. The lowest BCUT2D eigenvalue weighted by Gasteiger charge is -2.09. The number of hydrogen-bond acceptors (Lipinski definition) is 3. The Hall–Kier alpha value is -0.660. The summed E-state index contributed by atoms with van der Waals surface area (Å²) in [5.74, 6) is 1.26. The molecule has 18 heavy (non-hydrogen) atoms. The molecule has 0 aliphatic heterocycles. The van der Waals surface area contributed by atoms with Crippen molar-refractivity contribution >= 4 is 33.4 Å². The molecule has 0 unspecified atom stereocenters. The van der Waals surface area contributed by atoms with Gasteiger partial charge in [-0.25, -0.2) is 0 Å². The van der Waals surface area contributed by atoms with Gasteiger partial charge in [0.15, 0.2) is 0 Å². The van der Waals surface area contributed by atoms with E-state index >= 15 is 0 Å². The third-order valence-corrected chi connectivity index (χ3v) is 4.07. The van der Waals surface area contributed by atoms with E-state index in [0.29, 0.717) is 5.56 Å². The highest BCUT2D eigenvalue weighted by Gasteiger charge is 2.04. The molecule has 1 aromatic carbocycles. The number of unbranched alkanes of at least 4 members (excludes halogenated alkanes) is 3. The van der Waals surface area contributed by atoms with Gasteiger partial charge >= 0.3 is 0 Å². The number of nitriles is 1. The van der Waals surface area contributed by atoms with E-state index in [9.17, 15) is 0 Å². The molecule has 0 fully saturated rings. The van der Waals surface area contributed by atoms with Crippen molar-refractivity contribution in [1.82, 2.24) is 0 Å². The molecule has 0 heterocycles. The third-order valence-electron chi connectivity index (χ3n) is 2.72. The zero-order valence-electron chi connectivity index (χ0n) is 10.7. The zero-order valence-corrected chi connectivity index (χ0v) is 13.1. The lowest BCUT2D eigenvalue weighted by atomic mass is 10.1. The van der Waals surface area contributed by atoms with Crippen molar-refractivity contribution in [3.63, 3.8) is 0 Å². The normalized spacial score (nSPS) is 10.1. The Bertz CT molecular complexity index is 401. The quantitative estimate of drug-likeness (QED) is 0.706. The predicted molar refractivity (Wildman–Crippen MR) is 84.2 cm³/mol. The second-order valence-corrected chi connectivity index (χ2v) is 5.95. The Morgan fingerprint density at radius 1 is 1.28 bits per heavy atom. The number of anilines is 1. The zero-order chi connectivity index (χ0) is 13.2. The number of nitrogens with one attached hydrogen (secondary N) is 1. The van der Waals surface area contributed by atoms with Gasteiger partial charge in [-0.15, -0.1) is 0 Å². The summed E-state index contributed by atoms with van der Waals surface area (Å²) >= 11 is 5.31. The fourth-order valence-electron chi connectivity index (χ4n) is 1.73. The lowest BCUT2D eigenvalue weighted by molar-refractivity contribution is 0.689. The van der Waals surface area contributed by atoms with Gasteiger partial charge in [0, 0.05) is 11.0 Å². The molecular weight excluding hydrogens is 308 g/mol. The minimum absolute atomic E-state index is 0.694. The van der Waals surface area contributed by atoms with E-state index in [1.807, 2.05) is 30.0 Å². The Kier molecular flexibility index (Phi) is 7.95. The van der Waals surface area contributed by atoms with Crippen LogP contribution in [0, 0.1) is 11.3 Å². The Morgan fingerprint density at radius 2 is 2.06 bits per heavy atom. The fraction of sp³-hybridized carbons (Fsp3) is 0.500. The molecule has 0 amide bonds. The molecule has 0 aliphatic rings. The molecule has 1 rings (SSSR count). The largest absolute Gasteiger partial charge is 0.384 e. The highest BCUT2D eigenvalue weighted by atomic mass is 79.9. The monoisotopic (exact) mass is 326 g/mol. The van der Waals surface area contributed by atoms with E-state index in [0.717, 1.165) is 23.1 Å². The Balaban J connectivity index is 2.28. The molecule has 0 aromatic heterocycles. The van der Waals surface area contributed by atoms with E-state index in [1.165, 1.54) is 25.0 Å². The first-order valence-corrected chi connectivity index (χ1v) is 8.39. The van der Waals surface area contributed by atoms with Crippen molar-refractivity contribution in [2.45, 2.75) is 25.7 Å². The average molecular weight is 327 g/mol. The first-order valence-electron chi connectivity index (χ1n) is 6.21. The maximum absolute atomic E-state index is 9.08. The number of benzene rings is 1. The topological polar surface area (TPSA) is 35.8 Å². The van der Waals surface area contributed by atoms with Crippen LogP contribution in [-0.2, 0) is 0 Å². The van der Waals surface area contributed by atoms with Gasteiger partial charge in [-0.05, 0) is 52.9 Å². The van der Waals surface area contributed by atoms with Crippen molar-refractivity contribution in [3.8, 4) is 6.07 Å². The molecule has 1 N–H and O–H groups in total. The van der Waals surface area contributed by atoms with Crippen LogP contribution in [0.25, 0.3) is 0 Å². The van der Waals surface area contributed by atoms with E-state index in [1.54, 1.807) is 0 Å². The Morgan fingerprint density at radius 3 is 2.78 bits per heavy atom. The number of hydrogen-bond donors (Lipinski definition) is 1.